The van der Waals surface area contributed by atoms with Gasteiger partial charge in [-0.2, -0.15) is 0 Å². The third-order valence-electron chi connectivity index (χ3n) is 2.88. The molecule has 0 aliphatic rings. The molecule has 0 spiro atoms. The van der Waals surface area contributed by atoms with Crippen molar-refractivity contribution in [2.45, 2.75) is 32.7 Å². The number of aromatic nitrogens is 1. The maximum Gasteiger partial charge on any atom is 0.191 e. The number of hydrogen-bond acceptors (Lipinski definition) is 3. The average Bonchev–Trinajstić information content (AvgIpc) is 2.51. The predicted octanol–water partition coefficient (Wildman–Crippen LogP) is 2.71. The fourth-order valence-electron chi connectivity index (χ4n) is 1.67. The Bertz CT molecular complexity index is 432. The van der Waals surface area contributed by atoms with Crippen molar-refractivity contribution in [3.63, 3.8) is 0 Å². The summed E-state index contributed by atoms with van der Waals surface area (Å²) in [5.41, 5.74) is 0.378. The standard InChI is InChI=1S/C15H25FN4O.HI/c1-3-4-10-21-11-6-9-19-15(17-2)20-12-14-13(16)7-5-8-18-14;/h5,7-8H,3-4,6,9-12H2,1-2H3,(H2,17,19,20);1H. The molecule has 0 saturated heterocycles. The molecule has 0 aliphatic carbocycles. The molecule has 1 aromatic rings. The van der Waals surface area contributed by atoms with Crippen LogP contribution in [0.3, 0.4) is 0 Å². The van der Waals surface area contributed by atoms with Crippen LogP contribution in [0.25, 0.3) is 0 Å². The van der Waals surface area contributed by atoms with Crippen LogP contribution in [0, 0.1) is 5.82 Å². The summed E-state index contributed by atoms with van der Waals surface area (Å²) in [6, 6.07) is 2.97. The van der Waals surface area contributed by atoms with Crippen molar-refractivity contribution in [3.05, 3.63) is 29.8 Å². The van der Waals surface area contributed by atoms with Gasteiger partial charge < -0.3 is 15.4 Å². The first-order valence-electron chi connectivity index (χ1n) is 7.39. The SMILES string of the molecule is CCCCOCCCNC(=NC)NCc1ncccc1F.I. The fourth-order valence-corrected chi connectivity index (χ4v) is 1.67. The molecule has 0 aromatic carbocycles. The van der Waals surface area contributed by atoms with Crippen LogP contribution < -0.4 is 10.6 Å². The zero-order chi connectivity index (χ0) is 15.3. The van der Waals surface area contributed by atoms with Crippen molar-refractivity contribution in [3.8, 4) is 0 Å². The molecule has 0 saturated carbocycles. The van der Waals surface area contributed by atoms with Crippen LogP contribution >= 0.6 is 24.0 Å². The Balaban J connectivity index is 0.00000441. The molecule has 0 amide bonds. The van der Waals surface area contributed by atoms with Crippen LogP contribution in [0.1, 0.15) is 31.9 Å². The first kappa shape index (κ1) is 21.0. The highest BCUT2D eigenvalue weighted by Crippen LogP contribution is 2.01. The third-order valence-corrected chi connectivity index (χ3v) is 2.88. The summed E-state index contributed by atoms with van der Waals surface area (Å²) < 4.78 is 18.9. The molecule has 2 N–H and O–H groups in total. The summed E-state index contributed by atoms with van der Waals surface area (Å²) in [6.07, 6.45) is 4.73. The van der Waals surface area contributed by atoms with Gasteiger partial charge in [0.15, 0.2) is 5.96 Å². The van der Waals surface area contributed by atoms with Crippen molar-refractivity contribution in [2.24, 2.45) is 4.99 Å². The Labute approximate surface area is 149 Å². The number of guanidine groups is 1. The number of ether oxygens (including phenoxy) is 1. The highest BCUT2D eigenvalue weighted by Gasteiger charge is 2.03. The number of hydrogen-bond donors (Lipinski definition) is 2. The monoisotopic (exact) mass is 424 g/mol. The highest BCUT2D eigenvalue weighted by atomic mass is 127. The molecule has 0 unspecified atom stereocenters. The van der Waals surface area contributed by atoms with Crippen molar-refractivity contribution in [1.82, 2.24) is 15.6 Å². The van der Waals surface area contributed by atoms with Crippen LogP contribution in [0.15, 0.2) is 23.3 Å². The van der Waals surface area contributed by atoms with Gasteiger partial charge in [0.1, 0.15) is 5.82 Å². The lowest BCUT2D eigenvalue weighted by molar-refractivity contribution is 0.129. The molecule has 22 heavy (non-hydrogen) atoms. The molecule has 5 nitrogen and oxygen atoms in total. The molecule has 1 rings (SSSR count). The zero-order valence-corrected chi connectivity index (χ0v) is 15.6. The molecule has 1 aromatic heterocycles. The number of nitrogens with one attached hydrogen (secondary N) is 2. The first-order chi connectivity index (χ1) is 10.3. The second-order valence-corrected chi connectivity index (χ2v) is 4.60. The first-order valence-corrected chi connectivity index (χ1v) is 7.39. The van der Waals surface area contributed by atoms with Crippen LogP contribution in [0.5, 0.6) is 0 Å². The summed E-state index contributed by atoms with van der Waals surface area (Å²) in [5, 5.41) is 6.19. The molecule has 7 heteroatoms. The zero-order valence-electron chi connectivity index (χ0n) is 13.3. The molecule has 1 heterocycles. The second-order valence-electron chi connectivity index (χ2n) is 4.60. The second kappa shape index (κ2) is 13.7. The van der Waals surface area contributed by atoms with E-state index in [1.807, 2.05) is 0 Å². The van der Waals surface area contributed by atoms with Crippen LogP contribution in [-0.2, 0) is 11.3 Å². The largest absolute Gasteiger partial charge is 0.381 e. The van der Waals surface area contributed by atoms with E-state index in [1.165, 1.54) is 6.07 Å². The van der Waals surface area contributed by atoms with Gasteiger partial charge >= 0.3 is 0 Å². The Hall–Kier alpha value is -0.960. The Morgan fingerprint density at radius 1 is 1.32 bits per heavy atom. The van der Waals surface area contributed by atoms with E-state index in [9.17, 15) is 4.39 Å². The van der Waals surface area contributed by atoms with Crippen LogP contribution in [-0.4, -0.2) is 37.7 Å². The van der Waals surface area contributed by atoms with E-state index in [-0.39, 0.29) is 29.8 Å². The van der Waals surface area contributed by atoms with E-state index >= 15 is 0 Å². The summed E-state index contributed by atoms with van der Waals surface area (Å²) >= 11 is 0. The van der Waals surface area contributed by atoms with Gasteiger partial charge in [-0.05, 0) is 25.0 Å². The third kappa shape index (κ3) is 9.14. The molecule has 126 valence electrons. The van der Waals surface area contributed by atoms with Crippen LogP contribution in [0.4, 0.5) is 4.39 Å². The number of nitrogens with zero attached hydrogens (tertiary/aromatic N) is 2. The summed E-state index contributed by atoms with van der Waals surface area (Å²) in [5.74, 6) is 0.318. The quantitative estimate of drug-likeness (QED) is 0.277. The predicted molar refractivity (Wildman–Crippen MR) is 98.2 cm³/mol. The number of aliphatic imine (C=N–C) groups is 1. The van der Waals surface area contributed by atoms with Gasteiger partial charge in [-0.15, -0.1) is 24.0 Å². The fraction of sp³-hybridized carbons (Fsp3) is 0.600. The van der Waals surface area contributed by atoms with Crippen molar-refractivity contribution in [2.75, 3.05) is 26.8 Å². The molecule has 0 fully saturated rings. The molecule has 0 radical (unpaired) electrons. The summed E-state index contributed by atoms with van der Waals surface area (Å²) in [7, 11) is 1.68. The lowest BCUT2D eigenvalue weighted by atomic mass is 10.3. The molecule has 0 bridgehead atoms. The van der Waals surface area contributed by atoms with E-state index in [2.05, 4.69) is 27.5 Å². The number of halogens is 2. The van der Waals surface area contributed by atoms with Crippen LogP contribution in [0.2, 0.25) is 0 Å². The van der Waals surface area contributed by atoms with Crippen molar-refractivity contribution in [1.29, 1.82) is 0 Å². The topological polar surface area (TPSA) is 58.5 Å². The normalized spacial score (nSPS) is 11.0. The minimum atomic E-state index is -0.315. The Morgan fingerprint density at radius 3 is 2.77 bits per heavy atom. The Kier molecular flexibility index (Phi) is 13.1. The van der Waals surface area contributed by atoms with Gasteiger partial charge in [-0.25, -0.2) is 4.39 Å². The van der Waals surface area contributed by atoms with E-state index < -0.39 is 0 Å². The van der Waals surface area contributed by atoms with E-state index in [1.54, 1.807) is 19.3 Å². The van der Waals surface area contributed by atoms with Gasteiger partial charge in [0.05, 0.1) is 12.2 Å². The molecular weight excluding hydrogens is 398 g/mol. The summed E-state index contributed by atoms with van der Waals surface area (Å²) in [4.78, 5) is 8.07. The highest BCUT2D eigenvalue weighted by molar-refractivity contribution is 14.0. The number of rotatable bonds is 9. The van der Waals surface area contributed by atoms with E-state index in [0.29, 0.717) is 18.2 Å². The minimum absolute atomic E-state index is 0. The smallest absolute Gasteiger partial charge is 0.191 e. The van der Waals surface area contributed by atoms with Gasteiger partial charge in [-0.3, -0.25) is 9.98 Å². The van der Waals surface area contributed by atoms with Gasteiger partial charge in [0.25, 0.3) is 0 Å². The average molecular weight is 424 g/mol. The maximum atomic E-state index is 13.4. The van der Waals surface area contributed by atoms with E-state index in [4.69, 9.17) is 4.74 Å². The summed E-state index contributed by atoms with van der Waals surface area (Å²) in [6.45, 7) is 4.77. The molecule has 0 aliphatic heterocycles. The lowest BCUT2D eigenvalue weighted by Gasteiger charge is -2.12. The molecular formula is C15H26FIN4O. The van der Waals surface area contributed by atoms with Crippen molar-refractivity contribution >= 4 is 29.9 Å². The van der Waals surface area contributed by atoms with Gasteiger partial charge in [0.2, 0.25) is 0 Å². The van der Waals surface area contributed by atoms with Crippen molar-refractivity contribution < 1.29 is 9.13 Å². The number of unbranched alkanes of at least 4 members (excludes halogenated alkanes) is 1. The Morgan fingerprint density at radius 2 is 2.09 bits per heavy atom. The minimum Gasteiger partial charge on any atom is -0.381 e. The lowest BCUT2D eigenvalue weighted by Crippen LogP contribution is -2.37. The van der Waals surface area contributed by atoms with Gasteiger partial charge in [0, 0.05) is 33.0 Å². The van der Waals surface area contributed by atoms with E-state index in [0.717, 1.165) is 39.0 Å². The molecule has 0 atom stereocenters. The maximum absolute atomic E-state index is 13.4. The van der Waals surface area contributed by atoms with Gasteiger partial charge in [-0.1, -0.05) is 13.3 Å². The number of pyridine rings is 1.